The molecule has 2 fully saturated rings. The van der Waals surface area contributed by atoms with Gasteiger partial charge in [-0.25, -0.2) is 8.78 Å². The van der Waals surface area contributed by atoms with Crippen LogP contribution in [0.1, 0.15) is 19.3 Å². The van der Waals surface area contributed by atoms with E-state index in [1.54, 1.807) is 0 Å². The molecule has 0 bridgehead atoms. The van der Waals surface area contributed by atoms with Crippen LogP contribution < -0.4 is 5.73 Å². The van der Waals surface area contributed by atoms with E-state index in [4.69, 9.17) is 5.73 Å². The fourth-order valence-electron chi connectivity index (χ4n) is 2.13. The normalized spacial score (nSPS) is 50.1. The Labute approximate surface area is 58.6 Å². The van der Waals surface area contributed by atoms with Crippen LogP contribution in [0.5, 0.6) is 0 Å². The molecular weight excluding hydrogens is 136 g/mol. The van der Waals surface area contributed by atoms with Gasteiger partial charge < -0.3 is 5.73 Å². The maximum Gasteiger partial charge on any atom is 0.256 e. The standard InChI is InChI=1S/C7H11F2N/c8-7(9)4-2-1-3-5(10)6(4)7/h4-6H,1-3,10H2/t4-,5-,6-/m1/s1. The van der Waals surface area contributed by atoms with Gasteiger partial charge in [-0.2, -0.15) is 0 Å². The third kappa shape index (κ3) is 0.641. The molecule has 2 N–H and O–H groups in total. The fraction of sp³-hybridized carbons (Fsp3) is 1.00. The van der Waals surface area contributed by atoms with Crippen LogP contribution in [-0.2, 0) is 0 Å². The molecule has 10 heavy (non-hydrogen) atoms. The van der Waals surface area contributed by atoms with Gasteiger partial charge in [0.25, 0.3) is 5.92 Å². The summed E-state index contributed by atoms with van der Waals surface area (Å²) in [5, 5.41) is 0. The summed E-state index contributed by atoms with van der Waals surface area (Å²) in [4.78, 5) is 0. The Morgan fingerprint density at radius 1 is 1.30 bits per heavy atom. The molecule has 2 aliphatic carbocycles. The minimum absolute atomic E-state index is 0.228. The lowest BCUT2D eigenvalue weighted by molar-refractivity contribution is 0.0828. The molecule has 0 saturated heterocycles. The van der Waals surface area contributed by atoms with Crippen molar-refractivity contribution in [1.82, 2.24) is 0 Å². The second-order valence-corrected chi connectivity index (χ2v) is 3.40. The molecule has 0 aromatic carbocycles. The SMILES string of the molecule is N[C@@H]1CCC[C@@H]2[C@H]1C2(F)F. The van der Waals surface area contributed by atoms with Crippen LogP contribution in [0, 0.1) is 11.8 Å². The highest BCUT2D eigenvalue weighted by Crippen LogP contribution is 2.61. The maximum absolute atomic E-state index is 12.7. The van der Waals surface area contributed by atoms with Crippen molar-refractivity contribution in [3.8, 4) is 0 Å². The molecule has 0 aromatic heterocycles. The van der Waals surface area contributed by atoms with E-state index in [0.29, 0.717) is 6.42 Å². The molecule has 0 radical (unpaired) electrons. The predicted octanol–water partition coefficient (Wildman–Crippen LogP) is 1.38. The number of nitrogens with two attached hydrogens (primary N) is 1. The van der Waals surface area contributed by atoms with E-state index in [9.17, 15) is 8.78 Å². The second kappa shape index (κ2) is 1.70. The third-order valence-corrected chi connectivity index (χ3v) is 2.78. The van der Waals surface area contributed by atoms with Gasteiger partial charge in [0.2, 0.25) is 0 Å². The molecular formula is C7H11F2N. The lowest BCUT2D eigenvalue weighted by atomic mass is 9.96. The summed E-state index contributed by atoms with van der Waals surface area (Å²) in [7, 11) is 0. The molecule has 2 rings (SSSR count). The average molecular weight is 147 g/mol. The number of halogens is 2. The summed E-state index contributed by atoms with van der Waals surface area (Å²) in [5.74, 6) is -3.24. The molecule has 2 aliphatic rings. The van der Waals surface area contributed by atoms with Crippen LogP contribution in [0.2, 0.25) is 0 Å². The number of hydrogen-bond donors (Lipinski definition) is 1. The van der Waals surface area contributed by atoms with Crippen molar-refractivity contribution in [2.75, 3.05) is 0 Å². The smallest absolute Gasteiger partial charge is 0.256 e. The van der Waals surface area contributed by atoms with Crippen LogP contribution in [0.3, 0.4) is 0 Å². The summed E-state index contributed by atoms with van der Waals surface area (Å²) in [6, 6.07) is -0.228. The van der Waals surface area contributed by atoms with Gasteiger partial charge in [-0.05, 0) is 12.8 Å². The van der Waals surface area contributed by atoms with Gasteiger partial charge in [0, 0.05) is 17.9 Å². The van der Waals surface area contributed by atoms with Gasteiger partial charge in [-0.1, -0.05) is 6.42 Å². The Bertz CT molecular complexity index is 158. The van der Waals surface area contributed by atoms with E-state index in [1.807, 2.05) is 0 Å². The Kier molecular flexibility index (Phi) is 1.11. The molecule has 3 heteroatoms. The maximum atomic E-state index is 12.7. The zero-order valence-electron chi connectivity index (χ0n) is 5.69. The zero-order valence-corrected chi connectivity index (χ0v) is 5.69. The Hall–Kier alpha value is -0.180. The summed E-state index contributed by atoms with van der Waals surface area (Å²) in [6.45, 7) is 0. The zero-order chi connectivity index (χ0) is 7.35. The first kappa shape index (κ1) is 6.53. The lowest BCUT2D eigenvalue weighted by Gasteiger charge is -2.13. The predicted molar refractivity (Wildman–Crippen MR) is 33.8 cm³/mol. The van der Waals surface area contributed by atoms with Gasteiger partial charge in [0.1, 0.15) is 0 Å². The van der Waals surface area contributed by atoms with Gasteiger partial charge in [-0.15, -0.1) is 0 Å². The molecule has 2 saturated carbocycles. The number of hydrogen-bond acceptors (Lipinski definition) is 1. The highest BCUT2D eigenvalue weighted by molar-refractivity contribution is 5.11. The van der Waals surface area contributed by atoms with Crippen molar-refractivity contribution < 1.29 is 8.78 Å². The van der Waals surface area contributed by atoms with Gasteiger partial charge in [-0.3, -0.25) is 0 Å². The highest BCUT2D eigenvalue weighted by atomic mass is 19.3. The van der Waals surface area contributed by atoms with Crippen LogP contribution in [-0.4, -0.2) is 12.0 Å². The third-order valence-electron chi connectivity index (χ3n) is 2.78. The van der Waals surface area contributed by atoms with E-state index >= 15 is 0 Å². The van der Waals surface area contributed by atoms with Crippen molar-refractivity contribution >= 4 is 0 Å². The summed E-state index contributed by atoms with van der Waals surface area (Å²) >= 11 is 0. The van der Waals surface area contributed by atoms with Crippen LogP contribution in [0.4, 0.5) is 8.78 Å². The minimum Gasteiger partial charge on any atom is -0.327 e. The number of alkyl halides is 2. The Morgan fingerprint density at radius 2 is 2.00 bits per heavy atom. The van der Waals surface area contributed by atoms with Crippen molar-refractivity contribution in [3.05, 3.63) is 0 Å². The number of fused-ring (bicyclic) bond motifs is 1. The van der Waals surface area contributed by atoms with Crippen molar-refractivity contribution in [2.24, 2.45) is 17.6 Å². The molecule has 1 nitrogen and oxygen atoms in total. The van der Waals surface area contributed by atoms with Gasteiger partial charge in [0.05, 0.1) is 0 Å². The molecule has 58 valence electrons. The van der Waals surface area contributed by atoms with E-state index in [2.05, 4.69) is 0 Å². The topological polar surface area (TPSA) is 26.0 Å². The summed E-state index contributed by atoms with van der Waals surface area (Å²) < 4.78 is 25.3. The van der Waals surface area contributed by atoms with Crippen LogP contribution in [0.25, 0.3) is 0 Å². The van der Waals surface area contributed by atoms with E-state index in [0.717, 1.165) is 12.8 Å². The quantitative estimate of drug-likeness (QED) is 0.550. The molecule has 0 aromatic rings. The van der Waals surface area contributed by atoms with Crippen molar-refractivity contribution in [3.63, 3.8) is 0 Å². The Morgan fingerprint density at radius 3 is 2.50 bits per heavy atom. The van der Waals surface area contributed by atoms with Crippen LogP contribution in [0.15, 0.2) is 0 Å². The van der Waals surface area contributed by atoms with E-state index < -0.39 is 11.8 Å². The first-order valence-corrected chi connectivity index (χ1v) is 3.77. The molecule has 0 heterocycles. The fourth-order valence-corrected chi connectivity index (χ4v) is 2.13. The van der Waals surface area contributed by atoms with E-state index in [-0.39, 0.29) is 12.0 Å². The molecule has 0 spiro atoms. The average Bonchev–Trinajstić information content (AvgIpc) is 2.38. The van der Waals surface area contributed by atoms with Gasteiger partial charge in [0.15, 0.2) is 0 Å². The lowest BCUT2D eigenvalue weighted by Crippen LogP contribution is -2.27. The molecule has 0 amide bonds. The molecule has 0 unspecified atom stereocenters. The first-order valence-electron chi connectivity index (χ1n) is 3.77. The second-order valence-electron chi connectivity index (χ2n) is 3.40. The first-order chi connectivity index (χ1) is 4.64. The molecule has 0 aliphatic heterocycles. The van der Waals surface area contributed by atoms with Crippen molar-refractivity contribution in [2.45, 2.75) is 31.2 Å². The largest absolute Gasteiger partial charge is 0.327 e. The minimum atomic E-state index is -2.41. The van der Waals surface area contributed by atoms with Gasteiger partial charge >= 0.3 is 0 Å². The van der Waals surface area contributed by atoms with E-state index in [1.165, 1.54) is 0 Å². The Balaban J connectivity index is 2.11. The summed E-state index contributed by atoms with van der Waals surface area (Å²) in [5.41, 5.74) is 5.52. The monoisotopic (exact) mass is 147 g/mol. The van der Waals surface area contributed by atoms with Crippen LogP contribution >= 0.6 is 0 Å². The van der Waals surface area contributed by atoms with Crippen molar-refractivity contribution in [1.29, 1.82) is 0 Å². The molecule has 3 atom stereocenters. The highest BCUT2D eigenvalue weighted by Gasteiger charge is 2.70. The number of rotatable bonds is 0. The summed E-state index contributed by atoms with van der Waals surface area (Å²) in [6.07, 6.45) is 2.36.